The lowest BCUT2D eigenvalue weighted by Gasteiger charge is -2.04. The number of rotatable bonds is 3. The summed E-state index contributed by atoms with van der Waals surface area (Å²) >= 11 is 5.19. The summed E-state index contributed by atoms with van der Waals surface area (Å²) in [5.41, 5.74) is 6.44. The quantitative estimate of drug-likeness (QED) is 0.698. The van der Waals surface area contributed by atoms with Gasteiger partial charge in [0, 0.05) is 22.1 Å². The summed E-state index contributed by atoms with van der Waals surface area (Å²) < 4.78 is 2.79. The Bertz CT molecular complexity index is 497. The van der Waals surface area contributed by atoms with Gasteiger partial charge in [0.2, 0.25) is 0 Å². The molecular weight excluding hydrogens is 288 g/mol. The summed E-state index contributed by atoms with van der Waals surface area (Å²) in [7, 11) is 1.89. The molecule has 0 fully saturated rings. The number of nitrogen functional groups attached to an aromatic ring is 1. The maximum atomic E-state index is 5.68. The van der Waals surface area contributed by atoms with Crippen molar-refractivity contribution in [3.8, 4) is 0 Å². The fraction of sp³-hybridized carbons (Fsp3) is 0.200. The maximum absolute atomic E-state index is 5.68. The summed E-state index contributed by atoms with van der Waals surface area (Å²) in [6.45, 7) is 0. The molecule has 1 aromatic heterocycles. The van der Waals surface area contributed by atoms with Crippen molar-refractivity contribution in [3.05, 3.63) is 34.8 Å². The molecule has 0 aliphatic carbocycles. The molecule has 0 unspecified atom stereocenters. The van der Waals surface area contributed by atoms with E-state index in [4.69, 9.17) is 5.73 Å². The number of anilines is 1. The van der Waals surface area contributed by atoms with E-state index in [0.717, 1.165) is 26.6 Å². The number of nitrogens with zero attached hydrogens (tertiary/aromatic N) is 3. The van der Waals surface area contributed by atoms with Crippen LogP contribution >= 0.6 is 27.7 Å². The normalized spacial score (nSPS) is 10.6. The second kappa shape index (κ2) is 4.88. The molecule has 0 atom stereocenters. The number of thioether (sulfide) groups is 1. The van der Waals surface area contributed by atoms with Gasteiger partial charge in [0.1, 0.15) is 12.2 Å². The average molecular weight is 299 g/mol. The van der Waals surface area contributed by atoms with E-state index < -0.39 is 0 Å². The van der Waals surface area contributed by atoms with Crippen LogP contribution in [0, 0.1) is 0 Å². The fourth-order valence-corrected chi connectivity index (χ4v) is 2.87. The molecule has 0 saturated carbocycles. The van der Waals surface area contributed by atoms with E-state index in [-0.39, 0.29) is 0 Å². The lowest BCUT2D eigenvalue weighted by Crippen LogP contribution is -1.97. The van der Waals surface area contributed by atoms with Crippen LogP contribution in [0.3, 0.4) is 0 Å². The number of halogens is 1. The van der Waals surface area contributed by atoms with E-state index in [1.807, 2.05) is 25.2 Å². The molecule has 84 valence electrons. The van der Waals surface area contributed by atoms with Gasteiger partial charge in [-0.2, -0.15) is 5.10 Å². The molecule has 0 amide bonds. The highest BCUT2D eigenvalue weighted by atomic mass is 79.9. The monoisotopic (exact) mass is 298 g/mol. The molecule has 2 aromatic rings. The number of nitrogens with two attached hydrogens (primary N) is 1. The fourth-order valence-electron chi connectivity index (χ4n) is 1.23. The van der Waals surface area contributed by atoms with E-state index in [1.165, 1.54) is 0 Å². The Labute approximate surface area is 106 Å². The average Bonchev–Trinajstić information content (AvgIpc) is 2.63. The topological polar surface area (TPSA) is 56.7 Å². The first kappa shape index (κ1) is 11.5. The molecule has 0 aliphatic rings. The number of aromatic nitrogens is 3. The van der Waals surface area contributed by atoms with Gasteiger partial charge in [-0.3, -0.25) is 4.68 Å². The zero-order valence-electron chi connectivity index (χ0n) is 8.72. The van der Waals surface area contributed by atoms with Crippen molar-refractivity contribution in [3.63, 3.8) is 0 Å². The van der Waals surface area contributed by atoms with Gasteiger partial charge in [-0.25, -0.2) is 4.98 Å². The molecule has 1 heterocycles. The number of hydrogen-bond acceptors (Lipinski definition) is 4. The van der Waals surface area contributed by atoms with E-state index in [2.05, 4.69) is 26.0 Å². The largest absolute Gasteiger partial charge is 0.399 e. The van der Waals surface area contributed by atoms with Crippen LogP contribution < -0.4 is 5.73 Å². The molecule has 4 nitrogen and oxygen atoms in total. The first-order valence-electron chi connectivity index (χ1n) is 4.67. The predicted octanol–water partition coefficient (Wildman–Crippen LogP) is 2.45. The second-order valence-corrected chi connectivity index (χ2v) is 5.15. The van der Waals surface area contributed by atoms with Crippen molar-refractivity contribution in [2.24, 2.45) is 7.05 Å². The lowest BCUT2D eigenvalue weighted by atomic mass is 10.3. The van der Waals surface area contributed by atoms with Crippen LogP contribution in [0.15, 0.2) is 33.9 Å². The summed E-state index contributed by atoms with van der Waals surface area (Å²) in [4.78, 5) is 5.32. The molecule has 0 aliphatic heterocycles. The maximum Gasteiger partial charge on any atom is 0.138 e. The van der Waals surface area contributed by atoms with Crippen molar-refractivity contribution in [1.29, 1.82) is 0 Å². The first-order chi connectivity index (χ1) is 7.66. The van der Waals surface area contributed by atoms with Crippen LogP contribution in [-0.2, 0) is 12.8 Å². The molecule has 0 radical (unpaired) electrons. The van der Waals surface area contributed by atoms with Crippen LogP contribution in [0.2, 0.25) is 0 Å². The van der Waals surface area contributed by atoms with Gasteiger partial charge < -0.3 is 5.73 Å². The van der Waals surface area contributed by atoms with Crippen LogP contribution in [0.1, 0.15) is 5.82 Å². The Kier molecular flexibility index (Phi) is 3.50. The van der Waals surface area contributed by atoms with E-state index in [1.54, 1.807) is 22.8 Å². The van der Waals surface area contributed by atoms with Gasteiger partial charge in [-0.15, -0.1) is 11.8 Å². The van der Waals surface area contributed by atoms with Gasteiger partial charge in [-0.1, -0.05) is 0 Å². The lowest BCUT2D eigenvalue weighted by molar-refractivity contribution is 0.730. The molecule has 1 aromatic carbocycles. The Hall–Kier alpha value is -1.01. The summed E-state index contributed by atoms with van der Waals surface area (Å²) in [5, 5.41) is 4.03. The molecule has 2 rings (SSSR count). The minimum atomic E-state index is 0.759. The van der Waals surface area contributed by atoms with Gasteiger partial charge >= 0.3 is 0 Å². The Morgan fingerprint density at radius 3 is 2.94 bits per heavy atom. The third-order valence-corrected chi connectivity index (χ3v) is 4.11. The van der Waals surface area contributed by atoms with Gasteiger partial charge in [0.25, 0.3) is 0 Å². The van der Waals surface area contributed by atoms with Crippen LogP contribution in [-0.4, -0.2) is 14.8 Å². The summed E-state index contributed by atoms with van der Waals surface area (Å²) in [6.07, 6.45) is 1.56. The minimum absolute atomic E-state index is 0.759. The summed E-state index contributed by atoms with van der Waals surface area (Å²) in [6, 6.07) is 5.79. The molecule has 0 bridgehead atoms. The van der Waals surface area contributed by atoms with Crippen LogP contribution in [0.4, 0.5) is 5.69 Å². The zero-order valence-corrected chi connectivity index (χ0v) is 11.1. The van der Waals surface area contributed by atoms with Crippen molar-refractivity contribution >= 4 is 33.4 Å². The first-order valence-corrected chi connectivity index (χ1v) is 6.45. The Balaban J connectivity index is 2.08. The van der Waals surface area contributed by atoms with Gasteiger partial charge in [0.15, 0.2) is 0 Å². The molecular formula is C10H11BrN4S. The number of aryl methyl sites for hydroxylation is 1. The third kappa shape index (κ3) is 2.56. The molecule has 16 heavy (non-hydrogen) atoms. The standard InChI is InChI=1S/C10H11BrN4S/c1-15-10(13-6-14-15)5-16-9-3-2-7(12)4-8(9)11/h2-4,6H,5,12H2,1H3. The van der Waals surface area contributed by atoms with E-state index in [0.29, 0.717) is 0 Å². The van der Waals surface area contributed by atoms with Crippen molar-refractivity contribution < 1.29 is 0 Å². The minimum Gasteiger partial charge on any atom is -0.399 e. The van der Waals surface area contributed by atoms with E-state index in [9.17, 15) is 0 Å². The smallest absolute Gasteiger partial charge is 0.138 e. The number of hydrogen-bond donors (Lipinski definition) is 1. The SMILES string of the molecule is Cn1ncnc1CSc1ccc(N)cc1Br. The number of benzene rings is 1. The van der Waals surface area contributed by atoms with Crippen molar-refractivity contribution in [1.82, 2.24) is 14.8 Å². The van der Waals surface area contributed by atoms with Crippen LogP contribution in [0.5, 0.6) is 0 Å². The molecule has 0 spiro atoms. The van der Waals surface area contributed by atoms with Crippen molar-refractivity contribution in [2.45, 2.75) is 10.6 Å². The van der Waals surface area contributed by atoms with Crippen LogP contribution in [0.25, 0.3) is 0 Å². The Morgan fingerprint density at radius 1 is 1.50 bits per heavy atom. The van der Waals surface area contributed by atoms with Crippen molar-refractivity contribution in [2.75, 3.05) is 5.73 Å². The molecule has 2 N–H and O–H groups in total. The third-order valence-electron chi connectivity index (χ3n) is 2.12. The Morgan fingerprint density at radius 2 is 2.31 bits per heavy atom. The highest BCUT2D eigenvalue weighted by molar-refractivity contribution is 9.10. The highest BCUT2D eigenvalue weighted by Crippen LogP contribution is 2.30. The second-order valence-electron chi connectivity index (χ2n) is 3.28. The molecule has 0 saturated heterocycles. The van der Waals surface area contributed by atoms with Gasteiger partial charge in [0.05, 0.1) is 5.75 Å². The predicted molar refractivity (Wildman–Crippen MR) is 69.1 cm³/mol. The molecule has 6 heteroatoms. The van der Waals surface area contributed by atoms with Gasteiger partial charge in [-0.05, 0) is 34.1 Å². The zero-order chi connectivity index (χ0) is 11.5. The highest BCUT2D eigenvalue weighted by Gasteiger charge is 2.04. The summed E-state index contributed by atoms with van der Waals surface area (Å²) in [5.74, 6) is 1.74. The van der Waals surface area contributed by atoms with E-state index >= 15 is 0 Å².